The highest BCUT2D eigenvalue weighted by Crippen LogP contribution is 2.25. The number of carbonyl (C=O) groups is 2. The van der Waals surface area contributed by atoms with E-state index in [0.717, 1.165) is 11.1 Å². The summed E-state index contributed by atoms with van der Waals surface area (Å²) in [7, 11) is 0. The number of carbonyl (C=O) groups excluding carboxylic acids is 2. The number of halogens is 1. The van der Waals surface area contributed by atoms with E-state index in [9.17, 15) is 14.4 Å². The van der Waals surface area contributed by atoms with Crippen LogP contribution in [0.25, 0.3) is 10.8 Å². The van der Waals surface area contributed by atoms with Gasteiger partial charge in [-0.15, -0.1) is 11.6 Å². The van der Waals surface area contributed by atoms with Crippen molar-refractivity contribution in [2.45, 2.75) is 24.8 Å². The molecule has 0 aliphatic carbocycles. The van der Waals surface area contributed by atoms with Crippen molar-refractivity contribution < 1.29 is 9.59 Å². The van der Waals surface area contributed by atoms with Gasteiger partial charge in [0.05, 0.1) is 5.92 Å². The van der Waals surface area contributed by atoms with Crippen LogP contribution >= 0.6 is 11.6 Å². The first-order valence-electron chi connectivity index (χ1n) is 10.8. The Kier molecular flexibility index (Phi) is 6.80. The third-order valence-electron chi connectivity index (χ3n) is 5.92. The Morgan fingerprint density at radius 3 is 2.26 bits per heavy atom. The number of nitrogens with zero attached hydrogens (tertiary/aromatic N) is 1. The highest BCUT2D eigenvalue weighted by Gasteiger charge is 2.22. The zero-order valence-electron chi connectivity index (χ0n) is 18.6. The van der Waals surface area contributed by atoms with Crippen molar-refractivity contribution in [2.75, 3.05) is 5.32 Å². The molecule has 0 bridgehead atoms. The minimum Gasteiger partial charge on any atom is -0.368 e. The van der Waals surface area contributed by atoms with E-state index in [1.807, 2.05) is 37.3 Å². The van der Waals surface area contributed by atoms with Gasteiger partial charge in [-0.1, -0.05) is 60.7 Å². The van der Waals surface area contributed by atoms with Gasteiger partial charge in [-0.25, -0.2) is 0 Å². The molecule has 0 saturated carbocycles. The zero-order chi connectivity index (χ0) is 24.2. The molecule has 34 heavy (non-hydrogen) atoms. The van der Waals surface area contributed by atoms with Gasteiger partial charge in [0.25, 0.3) is 5.56 Å². The van der Waals surface area contributed by atoms with E-state index in [2.05, 4.69) is 5.32 Å². The minimum atomic E-state index is -0.938. The molecule has 1 aromatic heterocycles. The molecule has 0 spiro atoms. The van der Waals surface area contributed by atoms with Gasteiger partial charge in [0.1, 0.15) is 6.04 Å². The van der Waals surface area contributed by atoms with E-state index < -0.39 is 17.9 Å². The Labute approximate surface area is 202 Å². The Balaban J connectivity index is 1.68. The van der Waals surface area contributed by atoms with E-state index in [1.54, 1.807) is 48.5 Å². The lowest BCUT2D eigenvalue weighted by molar-refractivity contribution is -0.120. The van der Waals surface area contributed by atoms with E-state index in [1.165, 1.54) is 10.8 Å². The summed E-state index contributed by atoms with van der Waals surface area (Å²) in [5, 5.41) is 3.90. The number of anilines is 1. The van der Waals surface area contributed by atoms with Crippen molar-refractivity contribution in [3.63, 3.8) is 0 Å². The van der Waals surface area contributed by atoms with Crippen molar-refractivity contribution in [3.05, 3.63) is 112 Å². The van der Waals surface area contributed by atoms with Gasteiger partial charge in [0.15, 0.2) is 0 Å². The van der Waals surface area contributed by atoms with Gasteiger partial charge in [-0.2, -0.15) is 0 Å². The lowest BCUT2D eigenvalue weighted by Crippen LogP contribution is -2.34. The number of alkyl halides is 1. The summed E-state index contributed by atoms with van der Waals surface area (Å²) in [6, 6.07) is 22.4. The number of benzene rings is 3. The zero-order valence-corrected chi connectivity index (χ0v) is 19.3. The molecule has 3 N–H and O–H groups in total. The van der Waals surface area contributed by atoms with Gasteiger partial charge >= 0.3 is 0 Å². The number of aromatic nitrogens is 1. The summed E-state index contributed by atoms with van der Waals surface area (Å²) >= 11 is 5.85. The first-order chi connectivity index (χ1) is 16.4. The number of pyridine rings is 1. The average Bonchev–Trinajstić information content (AvgIpc) is 2.86. The van der Waals surface area contributed by atoms with Gasteiger partial charge in [0.2, 0.25) is 11.8 Å². The second-order valence-electron chi connectivity index (χ2n) is 8.10. The normalized spacial score (nSPS) is 12.8. The van der Waals surface area contributed by atoms with Crippen molar-refractivity contribution in [2.24, 2.45) is 5.73 Å². The highest BCUT2D eigenvalue weighted by molar-refractivity contribution is 6.17. The largest absolute Gasteiger partial charge is 0.368 e. The molecular formula is C27H24ClN3O3. The fourth-order valence-corrected chi connectivity index (χ4v) is 4.17. The second kappa shape index (κ2) is 9.93. The summed E-state index contributed by atoms with van der Waals surface area (Å²) in [6.45, 7) is 1.82. The van der Waals surface area contributed by atoms with Crippen LogP contribution in [0.4, 0.5) is 5.69 Å². The Morgan fingerprint density at radius 2 is 1.62 bits per heavy atom. The second-order valence-corrected chi connectivity index (χ2v) is 8.36. The number of rotatable bonds is 7. The molecule has 7 heteroatoms. The van der Waals surface area contributed by atoms with Gasteiger partial charge in [-0.3, -0.25) is 19.0 Å². The third kappa shape index (κ3) is 4.58. The van der Waals surface area contributed by atoms with Crippen LogP contribution in [0.5, 0.6) is 0 Å². The van der Waals surface area contributed by atoms with Crippen LogP contribution < -0.4 is 16.6 Å². The van der Waals surface area contributed by atoms with Crippen LogP contribution in [0, 0.1) is 0 Å². The Hall–Kier alpha value is -3.90. The molecule has 0 saturated heterocycles. The molecule has 2 atom stereocenters. The van der Waals surface area contributed by atoms with Crippen molar-refractivity contribution in [3.8, 4) is 0 Å². The molecule has 3 aromatic carbocycles. The molecule has 6 nitrogen and oxygen atoms in total. The summed E-state index contributed by atoms with van der Waals surface area (Å²) < 4.78 is 1.33. The number of fused-ring (bicyclic) bond motifs is 1. The molecule has 0 radical (unpaired) electrons. The van der Waals surface area contributed by atoms with Crippen molar-refractivity contribution in [1.29, 1.82) is 0 Å². The molecule has 2 amide bonds. The molecule has 1 heterocycles. The van der Waals surface area contributed by atoms with E-state index in [4.69, 9.17) is 17.3 Å². The fourth-order valence-electron chi connectivity index (χ4n) is 3.99. The fraction of sp³-hybridized carbons (Fsp3) is 0.148. The van der Waals surface area contributed by atoms with Gasteiger partial charge < -0.3 is 11.1 Å². The number of hydrogen-bond acceptors (Lipinski definition) is 3. The maximum absolute atomic E-state index is 13.3. The maximum Gasteiger partial charge on any atom is 0.259 e. The molecule has 172 valence electrons. The number of nitrogens with two attached hydrogens (primary N) is 1. The summed E-state index contributed by atoms with van der Waals surface area (Å²) in [5.74, 6) is -0.826. The lowest BCUT2D eigenvalue weighted by atomic mass is 9.99. The Bertz CT molecular complexity index is 1400. The lowest BCUT2D eigenvalue weighted by Gasteiger charge is -2.19. The number of amides is 2. The molecular weight excluding hydrogens is 450 g/mol. The van der Waals surface area contributed by atoms with Crippen LogP contribution in [0.1, 0.15) is 35.6 Å². The van der Waals surface area contributed by atoms with Crippen molar-refractivity contribution >= 4 is 39.9 Å². The van der Waals surface area contributed by atoms with Crippen LogP contribution in [-0.4, -0.2) is 16.4 Å². The molecule has 0 aliphatic rings. The quantitative estimate of drug-likeness (QED) is 0.385. The molecule has 4 aromatic rings. The Morgan fingerprint density at radius 1 is 0.912 bits per heavy atom. The SMILES string of the molecule is C[C@H](C(=O)Nc1cccc2c(=O)n(C(C(N)=O)c3ccccc3)ccc12)c1ccc(CCl)cc1. The highest BCUT2D eigenvalue weighted by atomic mass is 35.5. The number of nitrogens with one attached hydrogen (secondary N) is 1. The number of hydrogen-bond donors (Lipinski definition) is 2. The molecule has 4 rings (SSSR count). The van der Waals surface area contributed by atoms with E-state index >= 15 is 0 Å². The van der Waals surface area contributed by atoms with Crippen LogP contribution in [0.2, 0.25) is 0 Å². The van der Waals surface area contributed by atoms with E-state index in [0.29, 0.717) is 27.9 Å². The monoisotopic (exact) mass is 473 g/mol. The average molecular weight is 474 g/mol. The predicted octanol–water partition coefficient (Wildman–Crippen LogP) is 4.56. The third-order valence-corrected chi connectivity index (χ3v) is 6.23. The van der Waals surface area contributed by atoms with Crippen LogP contribution in [-0.2, 0) is 15.5 Å². The summed E-state index contributed by atoms with van der Waals surface area (Å²) in [4.78, 5) is 38.5. The minimum absolute atomic E-state index is 0.199. The maximum atomic E-state index is 13.3. The number of primary amides is 1. The van der Waals surface area contributed by atoms with Crippen LogP contribution in [0.3, 0.4) is 0 Å². The smallest absolute Gasteiger partial charge is 0.259 e. The first kappa shape index (κ1) is 23.3. The first-order valence-corrected chi connectivity index (χ1v) is 11.4. The van der Waals surface area contributed by atoms with Gasteiger partial charge in [-0.05, 0) is 41.8 Å². The summed E-state index contributed by atoms with van der Waals surface area (Å²) in [6.07, 6.45) is 1.54. The summed E-state index contributed by atoms with van der Waals surface area (Å²) in [5.41, 5.74) is 8.27. The van der Waals surface area contributed by atoms with Gasteiger partial charge in [0, 0.05) is 28.5 Å². The standard InChI is InChI=1S/C27H24ClN3O3/c1-17(19-12-10-18(16-28)11-13-19)26(33)30-23-9-5-8-22-21(23)14-15-31(27(22)34)24(25(29)32)20-6-3-2-4-7-20/h2-15,17,24H,16H2,1H3,(H2,29,32)(H,30,33)/t17-,24?/m0/s1. The molecule has 1 unspecified atom stereocenters. The van der Waals surface area contributed by atoms with Crippen LogP contribution in [0.15, 0.2) is 89.9 Å². The predicted molar refractivity (Wildman–Crippen MR) is 135 cm³/mol. The van der Waals surface area contributed by atoms with Crippen molar-refractivity contribution in [1.82, 2.24) is 4.57 Å². The molecule has 0 aliphatic heterocycles. The molecule has 0 fully saturated rings. The topological polar surface area (TPSA) is 94.2 Å². The van der Waals surface area contributed by atoms with E-state index in [-0.39, 0.29) is 11.5 Å².